The molecule has 100 valence electrons. The third kappa shape index (κ3) is 3.55. The molecule has 0 aliphatic carbocycles. The second kappa shape index (κ2) is 6.33. The first-order chi connectivity index (χ1) is 9.69. The Hall–Kier alpha value is -2.88. The van der Waals surface area contributed by atoms with E-state index >= 15 is 0 Å². The van der Waals surface area contributed by atoms with Gasteiger partial charge in [0.25, 0.3) is 5.91 Å². The van der Waals surface area contributed by atoms with Crippen LogP contribution in [0.5, 0.6) is 0 Å². The maximum atomic E-state index is 11.8. The summed E-state index contributed by atoms with van der Waals surface area (Å²) in [6, 6.07) is 15.2. The first kappa shape index (κ1) is 13.5. The van der Waals surface area contributed by atoms with Crippen molar-refractivity contribution in [3.05, 3.63) is 72.3 Å². The van der Waals surface area contributed by atoms with Crippen LogP contribution in [0.2, 0.25) is 0 Å². The van der Waals surface area contributed by atoms with Crippen molar-refractivity contribution < 1.29 is 9.59 Å². The molecule has 0 fully saturated rings. The standard InChI is InChI=1S/C16H14N2O2/c1-2-12-8-10-13(11-9-12)15(19)18-16(20)17-14-6-4-3-5-7-14/h2-11H,1H2,(H2,17,18,19,20). The summed E-state index contributed by atoms with van der Waals surface area (Å²) in [4.78, 5) is 23.5. The molecule has 0 bridgehead atoms. The number of amides is 3. The van der Waals surface area contributed by atoms with E-state index in [9.17, 15) is 9.59 Å². The Morgan fingerprint density at radius 2 is 1.60 bits per heavy atom. The first-order valence-corrected chi connectivity index (χ1v) is 6.09. The van der Waals surface area contributed by atoms with Gasteiger partial charge >= 0.3 is 6.03 Å². The zero-order valence-electron chi connectivity index (χ0n) is 10.8. The summed E-state index contributed by atoms with van der Waals surface area (Å²) in [5.41, 5.74) is 1.95. The van der Waals surface area contributed by atoms with Gasteiger partial charge in [-0.2, -0.15) is 0 Å². The van der Waals surface area contributed by atoms with E-state index in [0.717, 1.165) is 5.56 Å². The van der Waals surface area contributed by atoms with Crippen LogP contribution in [0.1, 0.15) is 15.9 Å². The van der Waals surface area contributed by atoms with Gasteiger partial charge in [0.1, 0.15) is 0 Å². The molecule has 3 amide bonds. The van der Waals surface area contributed by atoms with E-state index < -0.39 is 11.9 Å². The molecule has 4 nitrogen and oxygen atoms in total. The van der Waals surface area contributed by atoms with Gasteiger partial charge in [0.05, 0.1) is 0 Å². The molecule has 0 unspecified atom stereocenters. The summed E-state index contributed by atoms with van der Waals surface area (Å²) in [7, 11) is 0. The van der Waals surface area contributed by atoms with E-state index in [1.165, 1.54) is 0 Å². The van der Waals surface area contributed by atoms with E-state index in [1.807, 2.05) is 6.07 Å². The Balaban J connectivity index is 1.96. The number of hydrogen-bond acceptors (Lipinski definition) is 2. The summed E-state index contributed by atoms with van der Waals surface area (Å²) in [5.74, 6) is -0.450. The number of nitrogens with one attached hydrogen (secondary N) is 2. The second-order valence-electron chi connectivity index (χ2n) is 4.10. The smallest absolute Gasteiger partial charge is 0.308 e. The van der Waals surface area contributed by atoms with Crippen molar-refractivity contribution in [2.24, 2.45) is 0 Å². The van der Waals surface area contributed by atoms with Crippen LogP contribution in [0.25, 0.3) is 6.08 Å². The third-order valence-electron chi connectivity index (χ3n) is 2.67. The van der Waals surface area contributed by atoms with Crippen LogP contribution in [-0.2, 0) is 0 Å². The van der Waals surface area contributed by atoms with Gasteiger partial charge in [0.2, 0.25) is 0 Å². The molecule has 2 aromatic carbocycles. The minimum absolute atomic E-state index is 0.416. The van der Waals surface area contributed by atoms with Crippen LogP contribution < -0.4 is 10.6 Å². The fourth-order valence-electron chi connectivity index (χ4n) is 1.63. The zero-order valence-corrected chi connectivity index (χ0v) is 10.8. The number of imide groups is 1. The fraction of sp³-hybridized carbons (Fsp3) is 0. The first-order valence-electron chi connectivity index (χ1n) is 6.09. The van der Waals surface area contributed by atoms with Gasteiger partial charge < -0.3 is 5.32 Å². The Labute approximate surface area is 117 Å². The van der Waals surface area contributed by atoms with E-state index in [4.69, 9.17) is 0 Å². The van der Waals surface area contributed by atoms with Crippen LogP contribution in [0.4, 0.5) is 10.5 Å². The molecule has 0 aliphatic heterocycles. The molecule has 0 saturated heterocycles. The van der Waals surface area contributed by atoms with Gasteiger partial charge in [0, 0.05) is 11.3 Å². The Kier molecular flexibility index (Phi) is 4.29. The highest BCUT2D eigenvalue weighted by Gasteiger charge is 2.09. The molecule has 0 radical (unpaired) electrons. The van der Waals surface area contributed by atoms with Crippen LogP contribution in [0, 0.1) is 0 Å². The van der Waals surface area contributed by atoms with Crippen molar-refractivity contribution in [2.75, 3.05) is 5.32 Å². The van der Waals surface area contributed by atoms with Crippen molar-refractivity contribution >= 4 is 23.7 Å². The van der Waals surface area contributed by atoms with Gasteiger partial charge in [-0.05, 0) is 29.8 Å². The molecule has 2 aromatic rings. The third-order valence-corrected chi connectivity index (χ3v) is 2.67. The van der Waals surface area contributed by atoms with Crippen molar-refractivity contribution in [2.45, 2.75) is 0 Å². The van der Waals surface area contributed by atoms with Gasteiger partial charge in [-0.3, -0.25) is 10.1 Å². The summed E-state index contributed by atoms with van der Waals surface area (Å²) in [5, 5.41) is 4.85. The van der Waals surface area contributed by atoms with E-state index in [-0.39, 0.29) is 0 Å². The highest BCUT2D eigenvalue weighted by Crippen LogP contribution is 2.06. The Bertz CT molecular complexity index is 619. The Morgan fingerprint density at radius 3 is 2.20 bits per heavy atom. The number of carbonyl (C=O) groups is 2. The van der Waals surface area contributed by atoms with E-state index in [0.29, 0.717) is 11.3 Å². The Morgan fingerprint density at radius 1 is 0.950 bits per heavy atom. The average Bonchev–Trinajstić information content (AvgIpc) is 2.48. The zero-order chi connectivity index (χ0) is 14.4. The number of urea groups is 1. The largest absolute Gasteiger partial charge is 0.326 e. The van der Waals surface area contributed by atoms with Gasteiger partial charge in [-0.1, -0.05) is 43.0 Å². The molecule has 0 atom stereocenters. The minimum atomic E-state index is -0.561. The molecule has 2 rings (SSSR count). The number of rotatable bonds is 3. The highest BCUT2D eigenvalue weighted by atomic mass is 16.2. The summed E-state index contributed by atoms with van der Waals surface area (Å²) in [6.45, 7) is 3.64. The predicted octanol–water partition coefficient (Wildman–Crippen LogP) is 3.29. The summed E-state index contributed by atoms with van der Waals surface area (Å²) < 4.78 is 0. The van der Waals surface area contributed by atoms with Crippen LogP contribution in [0.15, 0.2) is 61.2 Å². The lowest BCUT2D eigenvalue weighted by Crippen LogP contribution is -2.34. The van der Waals surface area contributed by atoms with Crippen LogP contribution in [0.3, 0.4) is 0 Å². The number of carbonyl (C=O) groups excluding carboxylic acids is 2. The van der Waals surface area contributed by atoms with Crippen molar-refractivity contribution in [1.29, 1.82) is 0 Å². The van der Waals surface area contributed by atoms with Crippen LogP contribution >= 0.6 is 0 Å². The minimum Gasteiger partial charge on any atom is -0.308 e. The summed E-state index contributed by atoms with van der Waals surface area (Å²) >= 11 is 0. The topological polar surface area (TPSA) is 58.2 Å². The highest BCUT2D eigenvalue weighted by molar-refractivity contribution is 6.07. The van der Waals surface area contributed by atoms with Gasteiger partial charge in [-0.15, -0.1) is 0 Å². The molecule has 0 heterocycles. The maximum Gasteiger partial charge on any atom is 0.326 e. The fourth-order valence-corrected chi connectivity index (χ4v) is 1.63. The lowest BCUT2D eigenvalue weighted by atomic mass is 10.1. The molecular weight excluding hydrogens is 252 g/mol. The molecule has 0 aromatic heterocycles. The van der Waals surface area contributed by atoms with E-state index in [1.54, 1.807) is 54.6 Å². The maximum absolute atomic E-state index is 11.8. The molecule has 2 N–H and O–H groups in total. The number of para-hydroxylation sites is 1. The number of benzene rings is 2. The van der Waals surface area contributed by atoms with Gasteiger partial charge in [0.15, 0.2) is 0 Å². The monoisotopic (exact) mass is 266 g/mol. The van der Waals surface area contributed by atoms with Gasteiger partial charge in [-0.25, -0.2) is 4.79 Å². The quantitative estimate of drug-likeness (QED) is 0.895. The van der Waals surface area contributed by atoms with Crippen LogP contribution in [-0.4, -0.2) is 11.9 Å². The van der Waals surface area contributed by atoms with Crippen molar-refractivity contribution in [3.63, 3.8) is 0 Å². The van der Waals surface area contributed by atoms with Crippen molar-refractivity contribution in [3.8, 4) is 0 Å². The average molecular weight is 266 g/mol. The van der Waals surface area contributed by atoms with Crippen molar-refractivity contribution in [1.82, 2.24) is 5.32 Å². The number of hydrogen-bond donors (Lipinski definition) is 2. The molecule has 4 heteroatoms. The number of anilines is 1. The molecule has 20 heavy (non-hydrogen) atoms. The normalized spacial score (nSPS) is 9.60. The van der Waals surface area contributed by atoms with E-state index in [2.05, 4.69) is 17.2 Å². The summed E-state index contributed by atoms with van der Waals surface area (Å²) in [6.07, 6.45) is 1.68. The molecule has 0 saturated carbocycles. The molecular formula is C16H14N2O2. The molecule has 0 spiro atoms. The lowest BCUT2D eigenvalue weighted by Gasteiger charge is -2.06. The lowest BCUT2D eigenvalue weighted by molar-refractivity contribution is 0.0967. The SMILES string of the molecule is C=Cc1ccc(C(=O)NC(=O)Nc2ccccc2)cc1. The second-order valence-corrected chi connectivity index (χ2v) is 4.10. The molecule has 0 aliphatic rings. The predicted molar refractivity (Wildman–Crippen MR) is 79.5 cm³/mol.